The van der Waals surface area contributed by atoms with E-state index in [0.717, 1.165) is 6.07 Å². The molecule has 0 aliphatic heterocycles. The molecule has 0 radical (unpaired) electrons. The summed E-state index contributed by atoms with van der Waals surface area (Å²) in [6.45, 7) is 3.02. The number of rotatable bonds is 4. The van der Waals surface area contributed by atoms with Crippen molar-refractivity contribution in [2.24, 2.45) is 0 Å². The van der Waals surface area contributed by atoms with Gasteiger partial charge < -0.3 is 4.52 Å². The first kappa shape index (κ1) is 16.4. The maximum absolute atomic E-state index is 13.3. The molecule has 0 bridgehead atoms. The first-order valence-corrected chi connectivity index (χ1v) is 8.14. The Balaban J connectivity index is 2.17. The van der Waals surface area contributed by atoms with Gasteiger partial charge in [-0.1, -0.05) is 22.8 Å². The van der Waals surface area contributed by atoms with Crippen molar-refractivity contribution in [3.8, 4) is 0 Å². The number of nitrogens with one attached hydrogen (secondary N) is 1. The fraction of sp³-hybridized carbons (Fsp3) is 0.231. The number of aromatic nitrogens is 1. The Morgan fingerprint density at radius 1 is 1.41 bits per heavy atom. The van der Waals surface area contributed by atoms with Crippen LogP contribution in [0.15, 0.2) is 22.7 Å². The molecule has 2 aromatic rings. The lowest BCUT2D eigenvalue weighted by molar-refractivity contribution is 0.0979. The van der Waals surface area contributed by atoms with E-state index < -0.39 is 27.5 Å². The topological polar surface area (TPSA) is 89.3 Å². The zero-order valence-electron chi connectivity index (χ0n) is 11.7. The normalized spacial score (nSPS) is 11.5. The van der Waals surface area contributed by atoms with Crippen molar-refractivity contribution >= 4 is 27.5 Å². The minimum absolute atomic E-state index is 0.0610. The lowest BCUT2D eigenvalue weighted by Gasteiger charge is -2.07. The van der Waals surface area contributed by atoms with Gasteiger partial charge in [-0.05, 0) is 31.5 Å². The average molecular weight is 347 g/mol. The van der Waals surface area contributed by atoms with Crippen LogP contribution in [-0.2, 0) is 15.8 Å². The Kier molecular flexibility index (Phi) is 4.52. The van der Waals surface area contributed by atoms with Gasteiger partial charge >= 0.3 is 0 Å². The first-order chi connectivity index (χ1) is 10.2. The summed E-state index contributed by atoms with van der Waals surface area (Å²) in [7, 11) is -4.00. The van der Waals surface area contributed by atoms with Gasteiger partial charge in [0.25, 0.3) is 5.91 Å². The molecular weight excluding hydrogens is 335 g/mol. The van der Waals surface area contributed by atoms with Crippen molar-refractivity contribution < 1.29 is 22.1 Å². The highest BCUT2D eigenvalue weighted by Gasteiger charge is 2.23. The van der Waals surface area contributed by atoms with Crippen LogP contribution < -0.4 is 4.72 Å². The molecule has 0 spiro atoms. The number of amides is 1. The second-order valence-corrected chi connectivity index (χ2v) is 6.77. The third-order valence-corrected chi connectivity index (χ3v) is 4.37. The van der Waals surface area contributed by atoms with Gasteiger partial charge in [0.15, 0.2) is 0 Å². The number of hydrogen-bond acceptors (Lipinski definition) is 5. The molecule has 0 aliphatic rings. The van der Waals surface area contributed by atoms with E-state index >= 15 is 0 Å². The van der Waals surface area contributed by atoms with Crippen LogP contribution in [0.1, 0.15) is 27.4 Å². The van der Waals surface area contributed by atoms with E-state index in [2.05, 4.69) is 5.16 Å². The first-order valence-electron chi connectivity index (χ1n) is 6.11. The fourth-order valence-electron chi connectivity index (χ4n) is 1.88. The van der Waals surface area contributed by atoms with Crippen LogP contribution in [0.25, 0.3) is 0 Å². The van der Waals surface area contributed by atoms with Crippen LogP contribution in [0.4, 0.5) is 4.39 Å². The third kappa shape index (κ3) is 3.63. The molecule has 1 amide bonds. The fourth-order valence-corrected chi connectivity index (χ4v) is 3.08. The van der Waals surface area contributed by atoms with Gasteiger partial charge in [0.1, 0.15) is 17.1 Å². The summed E-state index contributed by atoms with van der Waals surface area (Å²) in [6, 6.07) is 3.62. The SMILES string of the molecule is Cc1noc(C)c1C(=O)NS(=O)(=O)Cc1ccc(Cl)c(F)c1. The van der Waals surface area contributed by atoms with Gasteiger partial charge in [-0.15, -0.1) is 0 Å². The maximum Gasteiger partial charge on any atom is 0.270 e. The Labute approximate surface area is 131 Å². The monoisotopic (exact) mass is 346 g/mol. The van der Waals surface area contributed by atoms with E-state index in [1.165, 1.54) is 26.0 Å². The number of benzene rings is 1. The van der Waals surface area contributed by atoms with Gasteiger partial charge in [-0.3, -0.25) is 4.79 Å². The van der Waals surface area contributed by atoms with Crippen LogP contribution in [0.5, 0.6) is 0 Å². The second kappa shape index (κ2) is 6.05. The van der Waals surface area contributed by atoms with Gasteiger partial charge in [0.05, 0.1) is 16.5 Å². The summed E-state index contributed by atoms with van der Waals surface area (Å²) in [5.74, 6) is -1.92. The van der Waals surface area contributed by atoms with Crippen LogP contribution >= 0.6 is 11.6 Å². The lowest BCUT2D eigenvalue weighted by atomic mass is 10.2. The Morgan fingerprint density at radius 3 is 2.64 bits per heavy atom. The van der Waals surface area contributed by atoms with Crippen molar-refractivity contribution in [2.45, 2.75) is 19.6 Å². The molecule has 2 rings (SSSR count). The highest BCUT2D eigenvalue weighted by atomic mass is 35.5. The van der Waals surface area contributed by atoms with Gasteiger partial charge in [-0.2, -0.15) is 0 Å². The standard InChI is InChI=1S/C13H12ClFN2O4S/c1-7-12(8(2)21-16-7)13(18)17-22(19,20)6-9-3-4-10(14)11(15)5-9/h3-5H,6H2,1-2H3,(H,17,18). The smallest absolute Gasteiger partial charge is 0.270 e. The van der Waals surface area contributed by atoms with Gasteiger partial charge in [-0.25, -0.2) is 17.5 Å². The summed E-state index contributed by atoms with van der Waals surface area (Å²) in [5, 5.41) is 3.47. The Hall–Kier alpha value is -1.93. The molecule has 1 aromatic carbocycles. The van der Waals surface area contributed by atoms with Crippen molar-refractivity contribution in [1.82, 2.24) is 9.88 Å². The summed E-state index contributed by atoms with van der Waals surface area (Å²) < 4.78 is 44.0. The summed E-state index contributed by atoms with van der Waals surface area (Å²) in [6.07, 6.45) is 0. The molecule has 1 heterocycles. The molecule has 22 heavy (non-hydrogen) atoms. The largest absolute Gasteiger partial charge is 0.361 e. The summed E-state index contributed by atoms with van der Waals surface area (Å²) in [4.78, 5) is 12.0. The number of carbonyl (C=O) groups is 1. The molecule has 0 aliphatic carbocycles. The van der Waals surface area contributed by atoms with Crippen LogP contribution in [0.3, 0.4) is 0 Å². The molecule has 118 valence electrons. The molecule has 0 unspecified atom stereocenters. The third-order valence-electron chi connectivity index (χ3n) is 2.85. The predicted octanol–water partition coefficient (Wildman–Crippen LogP) is 2.34. The molecule has 0 atom stereocenters. The molecule has 0 fully saturated rings. The molecule has 0 saturated heterocycles. The molecule has 0 saturated carbocycles. The van der Waals surface area contributed by atoms with Crippen molar-refractivity contribution in [2.75, 3.05) is 0 Å². The zero-order valence-corrected chi connectivity index (χ0v) is 13.3. The van der Waals surface area contributed by atoms with Crippen LogP contribution in [0, 0.1) is 19.7 Å². The van der Waals surface area contributed by atoms with E-state index in [-0.39, 0.29) is 27.6 Å². The minimum atomic E-state index is -4.00. The lowest BCUT2D eigenvalue weighted by Crippen LogP contribution is -2.32. The molecule has 9 heteroatoms. The van der Waals surface area contributed by atoms with E-state index in [0.29, 0.717) is 0 Å². The number of hydrogen-bond donors (Lipinski definition) is 1. The minimum Gasteiger partial charge on any atom is -0.361 e. The molecule has 6 nitrogen and oxygen atoms in total. The number of aryl methyl sites for hydroxylation is 2. The predicted molar refractivity (Wildman–Crippen MR) is 77.5 cm³/mol. The molecule has 1 aromatic heterocycles. The number of sulfonamides is 1. The number of halogens is 2. The van der Waals surface area contributed by atoms with E-state index in [4.69, 9.17) is 16.1 Å². The molecular formula is C13H12ClFN2O4S. The number of carbonyl (C=O) groups excluding carboxylic acids is 1. The van der Waals surface area contributed by atoms with Gasteiger partial charge in [0, 0.05) is 0 Å². The quantitative estimate of drug-likeness (QED) is 0.917. The van der Waals surface area contributed by atoms with Crippen LogP contribution in [-0.4, -0.2) is 19.5 Å². The number of nitrogens with zero attached hydrogens (tertiary/aromatic N) is 1. The van der Waals surface area contributed by atoms with E-state index in [1.807, 2.05) is 4.72 Å². The zero-order chi connectivity index (χ0) is 16.5. The maximum atomic E-state index is 13.3. The highest BCUT2D eigenvalue weighted by Crippen LogP contribution is 2.17. The summed E-state index contributed by atoms with van der Waals surface area (Å²) in [5.41, 5.74) is 0.509. The Bertz CT molecular complexity index is 813. The summed E-state index contributed by atoms with van der Waals surface area (Å²) >= 11 is 5.53. The molecule has 1 N–H and O–H groups in total. The Morgan fingerprint density at radius 2 is 2.09 bits per heavy atom. The van der Waals surface area contributed by atoms with Crippen LogP contribution in [0.2, 0.25) is 5.02 Å². The second-order valence-electron chi connectivity index (χ2n) is 4.64. The van der Waals surface area contributed by atoms with Gasteiger partial charge in [0.2, 0.25) is 10.0 Å². The average Bonchev–Trinajstić information content (AvgIpc) is 2.72. The van der Waals surface area contributed by atoms with E-state index in [1.54, 1.807) is 0 Å². The van der Waals surface area contributed by atoms with Crippen molar-refractivity contribution in [1.29, 1.82) is 0 Å². The highest BCUT2D eigenvalue weighted by molar-refractivity contribution is 7.89. The van der Waals surface area contributed by atoms with Crippen molar-refractivity contribution in [3.05, 3.63) is 51.6 Å². The van der Waals surface area contributed by atoms with E-state index in [9.17, 15) is 17.6 Å². The van der Waals surface area contributed by atoms with Crippen molar-refractivity contribution in [3.63, 3.8) is 0 Å².